The molecule has 6 heteroatoms. The van der Waals surface area contributed by atoms with Crippen molar-refractivity contribution in [2.45, 2.75) is 38.5 Å². The summed E-state index contributed by atoms with van der Waals surface area (Å²) in [6, 6.07) is 12.1. The third-order valence-electron chi connectivity index (χ3n) is 4.54. The van der Waals surface area contributed by atoms with Crippen molar-refractivity contribution in [3.63, 3.8) is 0 Å². The number of allylic oxidation sites excluding steroid dienone is 1. The fourth-order valence-corrected chi connectivity index (χ4v) is 3.84. The highest BCUT2D eigenvalue weighted by Crippen LogP contribution is 2.33. The zero-order valence-electron chi connectivity index (χ0n) is 17.3. The zero-order valence-corrected chi connectivity index (χ0v) is 19.7. The number of para-hydroxylation sites is 1. The molecule has 0 atom stereocenters. The van der Waals surface area contributed by atoms with Crippen LogP contribution in [-0.4, -0.2) is 24.5 Å². The van der Waals surface area contributed by atoms with Crippen molar-refractivity contribution in [1.29, 1.82) is 0 Å². The fraction of sp³-hybridized carbons (Fsp3) is 0.375. The summed E-state index contributed by atoms with van der Waals surface area (Å²) in [6.07, 6.45) is 14.3. The Morgan fingerprint density at radius 3 is 2.33 bits per heavy atom. The van der Waals surface area contributed by atoms with Gasteiger partial charge in [0.15, 0.2) is 5.75 Å². The molecule has 0 amide bonds. The standard InChI is InChI=1S/C24H29Cl2NO2S/c1-30-18-9-7-5-3-2-4-6-8-17-27-20-15-13-19(14-16-20)24(28)29-23-21(25)11-10-12-22(23)26/h6,8,10-16,27H,2-5,7,9,17-18H2,1H3. The van der Waals surface area contributed by atoms with E-state index < -0.39 is 5.97 Å². The summed E-state index contributed by atoms with van der Waals surface area (Å²) in [5, 5.41) is 3.93. The van der Waals surface area contributed by atoms with E-state index in [0.717, 1.165) is 18.7 Å². The number of benzene rings is 2. The highest BCUT2D eigenvalue weighted by atomic mass is 35.5. The minimum absolute atomic E-state index is 0.179. The highest BCUT2D eigenvalue weighted by Gasteiger charge is 2.13. The molecule has 2 rings (SSSR count). The first kappa shape index (κ1) is 24.6. The molecule has 0 unspecified atom stereocenters. The summed E-state index contributed by atoms with van der Waals surface area (Å²) in [7, 11) is 0. The number of carbonyl (C=O) groups is 1. The van der Waals surface area contributed by atoms with Crippen molar-refractivity contribution in [2.75, 3.05) is 23.9 Å². The molecule has 0 spiro atoms. The Kier molecular flexibility index (Phi) is 11.8. The van der Waals surface area contributed by atoms with Crippen LogP contribution in [0.15, 0.2) is 54.6 Å². The molecule has 2 aromatic carbocycles. The van der Waals surface area contributed by atoms with E-state index in [1.807, 2.05) is 23.9 Å². The summed E-state index contributed by atoms with van der Waals surface area (Å²) in [6.45, 7) is 0.757. The SMILES string of the molecule is CSCCCCCCCC=CCNc1ccc(C(=O)Oc2c(Cl)cccc2Cl)cc1. The fourth-order valence-electron chi connectivity index (χ4n) is 2.87. The second-order valence-electron chi connectivity index (χ2n) is 6.92. The lowest BCUT2D eigenvalue weighted by molar-refractivity contribution is 0.0735. The first-order chi connectivity index (χ1) is 14.6. The molecule has 0 aliphatic carbocycles. The van der Waals surface area contributed by atoms with E-state index in [2.05, 4.69) is 23.7 Å². The van der Waals surface area contributed by atoms with Gasteiger partial charge in [0.05, 0.1) is 15.6 Å². The van der Waals surface area contributed by atoms with E-state index in [1.54, 1.807) is 30.3 Å². The molecule has 0 aliphatic rings. The Morgan fingerprint density at radius 1 is 0.967 bits per heavy atom. The van der Waals surface area contributed by atoms with Crippen LogP contribution in [-0.2, 0) is 0 Å². The maximum atomic E-state index is 12.3. The Bertz CT molecular complexity index is 789. The lowest BCUT2D eigenvalue weighted by Gasteiger charge is -2.09. The van der Waals surface area contributed by atoms with Crippen LogP contribution in [0.1, 0.15) is 48.9 Å². The van der Waals surface area contributed by atoms with Gasteiger partial charge in [-0.1, -0.05) is 60.7 Å². The van der Waals surface area contributed by atoms with E-state index in [9.17, 15) is 4.79 Å². The molecule has 1 N–H and O–H groups in total. The number of halogens is 2. The third kappa shape index (κ3) is 9.03. The van der Waals surface area contributed by atoms with E-state index >= 15 is 0 Å². The Labute approximate surface area is 194 Å². The van der Waals surface area contributed by atoms with Gasteiger partial charge in [0.1, 0.15) is 0 Å². The minimum Gasteiger partial charge on any atom is -0.420 e. The van der Waals surface area contributed by atoms with Gasteiger partial charge in [0.25, 0.3) is 0 Å². The molecule has 2 aromatic rings. The minimum atomic E-state index is -0.495. The number of hydrogen-bond donors (Lipinski definition) is 1. The van der Waals surface area contributed by atoms with Crippen molar-refractivity contribution < 1.29 is 9.53 Å². The van der Waals surface area contributed by atoms with Gasteiger partial charge in [0.2, 0.25) is 0 Å². The molecule has 0 saturated carbocycles. The van der Waals surface area contributed by atoms with Gasteiger partial charge in [-0.05, 0) is 67.7 Å². The first-order valence-electron chi connectivity index (χ1n) is 10.3. The molecule has 0 heterocycles. The van der Waals surface area contributed by atoms with E-state index in [1.165, 1.54) is 37.9 Å². The van der Waals surface area contributed by atoms with Crippen LogP contribution in [0, 0.1) is 0 Å². The van der Waals surface area contributed by atoms with Crippen molar-refractivity contribution in [2.24, 2.45) is 0 Å². The molecular weight excluding hydrogens is 437 g/mol. The number of thioether (sulfide) groups is 1. The highest BCUT2D eigenvalue weighted by molar-refractivity contribution is 7.98. The van der Waals surface area contributed by atoms with Crippen LogP contribution in [0.2, 0.25) is 10.0 Å². The van der Waals surface area contributed by atoms with Crippen molar-refractivity contribution in [3.05, 3.63) is 70.2 Å². The van der Waals surface area contributed by atoms with Crippen LogP contribution >= 0.6 is 35.0 Å². The average molecular weight is 466 g/mol. The quantitative estimate of drug-likeness (QED) is 0.141. The van der Waals surface area contributed by atoms with Crippen LogP contribution in [0.4, 0.5) is 5.69 Å². The smallest absolute Gasteiger partial charge is 0.343 e. The van der Waals surface area contributed by atoms with Gasteiger partial charge < -0.3 is 10.1 Å². The van der Waals surface area contributed by atoms with E-state index in [-0.39, 0.29) is 5.75 Å². The van der Waals surface area contributed by atoms with E-state index in [4.69, 9.17) is 27.9 Å². The summed E-state index contributed by atoms with van der Waals surface area (Å²) < 4.78 is 5.34. The second kappa shape index (κ2) is 14.4. The molecule has 3 nitrogen and oxygen atoms in total. The summed E-state index contributed by atoms with van der Waals surface area (Å²) in [5.41, 5.74) is 1.38. The summed E-state index contributed by atoms with van der Waals surface area (Å²) in [4.78, 5) is 12.3. The number of ether oxygens (including phenoxy) is 1. The van der Waals surface area contributed by atoms with Gasteiger partial charge in [-0.3, -0.25) is 0 Å². The normalized spacial score (nSPS) is 11.0. The molecule has 0 aliphatic heterocycles. The number of nitrogens with one attached hydrogen (secondary N) is 1. The number of esters is 1. The Morgan fingerprint density at radius 2 is 1.63 bits per heavy atom. The average Bonchev–Trinajstić information content (AvgIpc) is 2.75. The van der Waals surface area contributed by atoms with Gasteiger partial charge >= 0.3 is 5.97 Å². The van der Waals surface area contributed by atoms with Crippen molar-refractivity contribution >= 4 is 46.6 Å². The van der Waals surface area contributed by atoms with Crippen molar-refractivity contribution in [3.8, 4) is 5.75 Å². The predicted octanol–water partition coefficient (Wildman–Crippen LogP) is 7.88. The van der Waals surface area contributed by atoms with Crippen LogP contribution in [0.3, 0.4) is 0 Å². The Balaban J connectivity index is 1.67. The largest absolute Gasteiger partial charge is 0.420 e. The maximum Gasteiger partial charge on any atom is 0.343 e. The molecule has 0 radical (unpaired) electrons. The molecular formula is C24H29Cl2NO2S. The van der Waals surface area contributed by atoms with Gasteiger partial charge in [-0.2, -0.15) is 11.8 Å². The number of carbonyl (C=O) groups excluding carboxylic acids is 1. The maximum absolute atomic E-state index is 12.3. The third-order valence-corrected chi connectivity index (χ3v) is 5.84. The molecule has 0 fully saturated rings. The number of unbranched alkanes of at least 4 members (excludes halogenated alkanes) is 5. The predicted molar refractivity (Wildman–Crippen MR) is 132 cm³/mol. The molecule has 162 valence electrons. The Hall–Kier alpha value is -1.62. The molecule has 0 saturated heterocycles. The number of rotatable bonds is 13. The molecule has 0 aromatic heterocycles. The molecule has 0 bridgehead atoms. The summed E-state index contributed by atoms with van der Waals surface area (Å²) in [5.74, 6) is 0.965. The monoisotopic (exact) mass is 465 g/mol. The topological polar surface area (TPSA) is 38.3 Å². The van der Waals surface area contributed by atoms with Crippen LogP contribution in [0.25, 0.3) is 0 Å². The lowest BCUT2D eigenvalue weighted by atomic mass is 10.1. The number of hydrogen-bond acceptors (Lipinski definition) is 4. The summed E-state index contributed by atoms with van der Waals surface area (Å²) >= 11 is 14.0. The van der Waals surface area contributed by atoms with E-state index in [0.29, 0.717) is 15.6 Å². The van der Waals surface area contributed by atoms with Gasteiger partial charge in [-0.15, -0.1) is 0 Å². The van der Waals surface area contributed by atoms with Crippen LogP contribution in [0.5, 0.6) is 5.75 Å². The lowest BCUT2D eigenvalue weighted by Crippen LogP contribution is -2.09. The first-order valence-corrected chi connectivity index (χ1v) is 12.4. The number of anilines is 1. The molecule has 30 heavy (non-hydrogen) atoms. The van der Waals surface area contributed by atoms with Crippen molar-refractivity contribution in [1.82, 2.24) is 0 Å². The van der Waals surface area contributed by atoms with Gasteiger partial charge in [0, 0.05) is 12.2 Å². The second-order valence-corrected chi connectivity index (χ2v) is 8.72. The van der Waals surface area contributed by atoms with Gasteiger partial charge in [-0.25, -0.2) is 4.79 Å². The van der Waals surface area contributed by atoms with Crippen LogP contribution < -0.4 is 10.1 Å². The zero-order chi connectivity index (χ0) is 21.6.